The molecule has 0 saturated carbocycles. The van der Waals surface area contributed by atoms with Gasteiger partial charge >= 0.3 is 0 Å². The molecule has 3 heterocycles. The van der Waals surface area contributed by atoms with Gasteiger partial charge in [-0.3, -0.25) is 4.79 Å². The van der Waals surface area contributed by atoms with E-state index >= 15 is 0 Å². The van der Waals surface area contributed by atoms with Crippen LogP contribution in [0.1, 0.15) is 24.2 Å². The summed E-state index contributed by atoms with van der Waals surface area (Å²) in [5.74, 6) is 1.42. The Morgan fingerprint density at radius 1 is 1.21 bits per heavy atom. The summed E-state index contributed by atoms with van der Waals surface area (Å²) in [5.41, 5.74) is 2.31. The third-order valence-corrected chi connectivity index (χ3v) is 5.24. The van der Waals surface area contributed by atoms with Gasteiger partial charge in [-0.1, -0.05) is 0 Å². The van der Waals surface area contributed by atoms with E-state index in [1.165, 1.54) is 0 Å². The molecule has 1 atom stereocenters. The van der Waals surface area contributed by atoms with Crippen molar-refractivity contribution in [3.05, 3.63) is 66.4 Å². The number of anilines is 2. The Labute approximate surface area is 169 Å². The monoisotopic (exact) mass is 386 g/mol. The SMILES string of the molecule is Cc1nccn1-c1ccc(NC(=O)[C@H]2CCCN(c3ncccc3C#N)C2)cc1. The van der Waals surface area contributed by atoms with Gasteiger partial charge in [0.1, 0.15) is 17.7 Å². The Morgan fingerprint density at radius 2 is 2.03 bits per heavy atom. The van der Waals surface area contributed by atoms with Crippen LogP contribution in [-0.2, 0) is 4.79 Å². The molecule has 0 spiro atoms. The topological polar surface area (TPSA) is 86.8 Å². The molecule has 4 rings (SSSR count). The van der Waals surface area contributed by atoms with Crippen LogP contribution in [0.2, 0.25) is 0 Å². The number of nitrogens with one attached hydrogen (secondary N) is 1. The number of imidazole rings is 1. The summed E-state index contributed by atoms with van der Waals surface area (Å²) in [6.07, 6.45) is 7.07. The predicted molar refractivity (Wildman–Crippen MR) is 111 cm³/mol. The summed E-state index contributed by atoms with van der Waals surface area (Å²) >= 11 is 0. The normalized spacial score (nSPS) is 16.3. The average Bonchev–Trinajstić information content (AvgIpc) is 3.20. The van der Waals surface area contributed by atoms with Gasteiger partial charge in [0, 0.05) is 43.1 Å². The van der Waals surface area contributed by atoms with E-state index in [4.69, 9.17) is 0 Å². The van der Waals surface area contributed by atoms with Crippen LogP contribution in [0.3, 0.4) is 0 Å². The van der Waals surface area contributed by atoms with Crippen LogP contribution in [0.15, 0.2) is 55.0 Å². The van der Waals surface area contributed by atoms with Gasteiger partial charge in [0.2, 0.25) is 5.91 Å². The minimum absolute atomic E-state index is 0.00398. The molecule has 146 valence electrons. The lowest BCUT2D eigenvalue weighted by Gasteiger charge is -2.33. The van der Waals surface area contributed by atoms with Crippen LogP contribution in [0, 0.1) is 24.2 Å². The molecular formula is C22H22N6O. The molecule has 0 unspecified atom stereocenters. The number of hydrogen-bond donors (Lipinski definition) is 1. The molecule has 29 heavy (non-hydrogen) atoms. The molecule has 0 bridgehead atoms. The summed E-state index contributed by atoms with van der Waals surface area (Å²) in [7, 11) is 0. The molecule has 1 saturated heterocycles. The van der Waals surface area contributed by atoms with Crippen molar-refractivity contribution in [2.24, 2.45) is 5.92 Å². The van der Waals surface area contributed by atoms with Gasteiger partial charge < -0.3 is 14.8 Å². The van der Waals surface area contributed by atoms with Gasteiger partial charge in [0.05, 0.1) is 11.5 Å². The van der Waals surface area contributed by atoms with Crippen molar-refractivity contribution in [2.45, 2.75) is 19.8 Å². The van der Waals surface area contributed by atoms with Crippen molar-refractivity contribution in [3.63, 3.8) is 0 Å². The number of amides is 1. The average molecular weight is 386 g/mol. The number of carbonyl (C=O) groups is 1. The van der Waals surface area contributed by atoms with Crippen molar-refractivity contribution in [1.82, 2.24) is 14.5 Å². The molecule has 1 fully saturated rings. The fourth-order valence-electron chi connectivity index (χ4n) is 3.72. The number of piperidine rings is 1. The van der Waals surface area contributed by atoms with Gasteiger partial charge in [-0.15, -0.1) is 0 Å². The van der Waals surface area contributed by atoms with Gasteiger partial charge in [-0.2, -0.15) is 5.26 Å². The number of rotatable bonds is 4. The second-order valence-electron chi connectivity index (χ2n) is 7.15. The first-order valence-corrected chi connectivity index (χ1v) is 9.67. The summed E-state index contributed by atoms with van der Waals surface area (Å²) in [5, 5.41) is 12.3. The third kappa shape index (κ3) is 3.97. The van der Waals surface area contributed by atoms with Crippen LogP contribution >= 0.6 is 0 Å². The van der Waals surface area contributed by atoms with Gasteiger partial charge in [-0.25, -0.2) is 9.97 Å². The fraction of sp³-hybridized carbons (Fsp3) is 0.273. The number of carbonyl (C=O) groups excluding carboxylic acids is 1. The van der Waals surface area contributed by atoms with E-state index in [0.29, 0.717) is 17.9 Å². The Kier molecular flexibility index (Phi) is 5.25. The minimum Gasteiger partial charge on any atom is -0.355 e. The summed E-state index contributed by atoms with van der Waals surface area (Å²) in [6, 6.07) is 13.4. The highest BCUT2D eigenvalue weighted by Crippen LogP contribution is 2.25. The van der Waals surface area contributed by atoms with Crippen LogP contribution in [0.25, 0.3) is 5.69 Å². The molecule has 7 heteroatoms. The third-order valence-electron chi connectivity index (χ3n) is 5.24. The van der Waals surface area contributed by atoms with Gasteiger partial charge in [0.15, 0.2) is 0 Å². The first-order chi connectivity index (χ1) is 14.2. The Balaban J connectivity index is 1.43. The first-order valence-electron chi connectivity index (χ1n) is 9.67. The van der Waals surface area contributed by atoms with Crippen molar-refractivity contribution in [1.29, 1.82) is 5.26 Å². The fourth-order valence-corrected chi connectivity index (χ4v) is 3.72. The molecule has 1 N–H and O–H groups in total. The zero-order valence-electron chi connectivity index (χ0n) is 16.2. The Hall–Kier alpha value is -3.66. The van der Waals surface area contributed by atoms with Crippen molar-refractivity contribution < 1.29 is 4.79 Å². The first kappa shape index (κ1) is 18.7. The lowest BCUT2D eigenvalue weighted by atomic mass is 9.96. The molecule has 0 aliphatic carbocycles. The van der Waals surface area contributed by atoms with E-state index in [-0.39, 0.29) is 11.8 Å². The van der Waals surface area contributed by atoms with Crippen molar-refractivity contribution in [2.75, 3.05) is 23.3 Å². The molecule has 0 radical (unpaired) electrons. The van der Waals surface area contributed by atoms with E-state index in [2.05, 4.69) is 21.4 Å². The second kappa shape index (κ2) is 8.15. The second-order valence-corrected chi connectivity index (χ2v) is 7.15. The summed E-state index contributed by atoms with van der Waals surface area (Å²) in [4.78, 5) is 23.5. The van der Waals surface area contributed by atoms with E-state index < -0.39 is 0 Å². The van der Waals surface area contributed by atoms with E-state index in [0.717, 1.165) is 36.6 Å². The number of nitrogens with zero attached hydrogens (tertiary/aromatic N) is 5. The number of aromatic nitrogens is 3. The lowest BCUT2D eigenvalue weighted by Crippen LogP contribution is -2.41. The van der Waals surface area contributed by atoms with Gasteiger partial charge in [-0.05, 0) is 56.2 Å². The maximum absolute atomic E-state index is 12.8. The zero-order valence-corrected chi connectivity index (χ0v) is 16.2. The molecule has 1 amide bonds. The molecular weight excluding hydrogens is 364 g/mol. The predicted octanol–water partition coefficient (Wildman–Crippen LogP) is 3.30. The number of hydrogen-bond acceptors (Lipinski definition) is 5. The smallest absolute Gasteiger partial charge is 0.229 e. The Morgan fingerprint density at radius 3 is 2.76 bits per heavy atom. The maximum Gasteiger partial charge on any atom is 0.229 e. The highest BCUT2D eigenvalue weighted by molar-refractivity contribution is 5.93. The van der Waals surface area contributed by atoms with Crippen LogP contribution in [0.4, 0.5) is 11.5 Å². The molecule has 1 aliphatic rings. The standard InChI is InChI=1S/C22H22N6O/c1-16-24-11-13-28(16)20-8-6-19(7-9-20)26-22(29)18-5-3-12-27(15-18)21-17(14-23)4-2-10-25-21/h2,4,6-11,13,18H,3,5,12,15H2,1H3,(H,26,29)/t18-/m0/s1. The number of nitriles is 1. The summed E-state index contributed by atoms with van der Waals surface area (Å²) in [6.45, 7) is 3.31. The molecule has 2 aromatic heterocycles. The number of aryl methyl sites for hydroxylation is 1. The molecule has 7 nitrogen and oxygen atoms in total. The highest BCUT2D eigenvalue weighted by atomic mass is 16.1. The largest absolute Gasteiger partial charge is 0.355 e. The van der Waals surface area contributed by atoms with Crippen molar-refractivity contribution in [3.8, 4) is 11.8 Å². The van der Waals surface area contributed by atoms with Crippen LogP contribution in [0.5, 0.6) is 0 Å². The van der Waals surface area contributed by atoms with E-state index in [1.807, 2.05) is 46.9 Å². The van der Waals surface area contributed by atoms with E-state index in [9.17, 15) is 10.1 Å². The van der Waals surface area contributed by atoms with E-state index in [1.54, 1.807) is 24.5 Å². The summed E-state index contributed by atoms with van der Waals surface area (Å²) < 4.78 is 1.99. The quantitative estimate of drug-likeness (QED) is 0.743. The van der Waals surface area contributed by atoms with Gasteiger partial charge in [0.25, 0.3) is 0 Å². The zero-order chi connectivity index (χ0) is 20.2. The van der Waals surface area contributed by atoms with Crippen LogP contribution < -0.4 is 10.2 Å². The Bertz CT molecular complexity index is 1050. The molecule has 1 aliphatic heterocycles. The van der Waals surface area contributed by atoms with Crippen LogP contribution in [-0.4, -0.2) is 33.5 Å². The minimum atomic E-state index is -0.145. The van der Waals surface area contributed by atoms with Crippen molar-refractivity contribution >= 4 is 17.4 Å². The molecule has 1 aromatic carbocycles. The number of pyridine rings is 1. The number of benzene rings is 1. The molecule has 3 aromatic rings. The maximum atomic E-state index is 12.8. The lowest BCUT2D eigenvalue weighted by molar-refractivity contribution is -0.120. The highest BCUT2D eigenvalue weighted by Gasteiger charge is 2.27.